The van der Waals surface area contributed by atoms with Crippen LogP contribution in [-0.2, 0) is 13.2 Å². The number of nitrogens with one attached hydrogen (secondary N) is 1. The summed E-state index contributed by atoms with van der Waals surface area (Å²) < 4.78 is 55.2. The summed E-state index contributed by atoms with van der Waals surface area (Å²) >= 11 is 6.60. The van der Waals surface area contributed by atoms with Crippen molar-refractivity contribution in [3.63, 3.8) is 0 Å². The number of anilines is 1. The van der Waals surface area contributed by atoms with E-state index in [1.54, 1.807) is 0 Å². The van der Waals surface area contributed by atoms with Crippen molar-refractivity contribution in [1.82, 2.24) is 14.8 Å². The molecule has 1 aromatic carbocycles. The number of aromatic nitrogens is 3. The minimum atomic E-state index is -4.80. The lowest BCUT2D eigenvalue weighted by Gasteiger charge is -2.12. The van der Waals surface area contributed by atoms with Crippen LogP contribution in [0.1, 0.15) is 25.9 Å². The van der Waals surface area contributed by atoms with Crippen LogP contribution >= 0.6 is 22.9 Å². The molecule has 0 aliphatic heterocycles. The van der Waals surface area contributed by atoms with Crippen LogP contribution in [0.25, 0.3) is 21.3 Å². The number of benzene rings is 1. The van der Waals surface area contributed by atoms with Crippen LogP contribution in [0.4, 0.5) is 23.2 Å². The molecule has 0 saturated carbocycles. The number of halogens is 5. The van der Waals surface area contributed by atoms with Crippen LogP contribution in [0.2, 0.25) is 5.02 Å². The maximum Gasteiger partial charge on any atom is 0.433 e. The Morgan fingerprint density at radius 3 is 2.42 bits per heavy atom. The number of aryl methyl sites for hydroxylation is 1. The number of primary amides is 1. The molecular formula is C20H12ClF4N5O2S. The second-order valence-electron chi connectivity index (χ2n) is 6.83. The first-order valence-electron chi connectivity index (χ1n) is 9.06. The van der Waals surface area contributed by atoms with Crippen LogP contribution in [0.5, 0.6) is 0 Å². The first-order valence-corrected chi connectivity index (χ1v) is 10.3. The number of carbonyl (C=O) groups excluding carboxylic acids is 2. The monoisotopic (exact) mass is 497 g/mol. The number of alkyl halides is 3. The average molecular weight is 498 g/mol. The van der Waals surface area contributed by atoms with Crippen LogP contribution < -0.4 is 11.1 Å². The summed E-state index contributed by atoms with van der Waals surface area (Å²) in [5, 5.41) is 6.43. The molecule has 0 bridgehead atoms. The van der Waals surface area contributed by atoms with Gasteiger partial charge in [-0.2, -0.15) is 18.3 Å². The molecule has 0 fully saturated rings. The van der Waals surface area contributed by atoms with Crippen LogP contribution in [0.3, 0.4) is 0 Å². The number of amides is 2. The average Bonchev–Trinajstić information content (AvgIpc) is 3.27. The zero-order chi connectivity index (χ0) is 24.1. The van der Waals surface area contributed by atoms with E-state index in [1.807, 2.05) is 0 Å². The van der Waals surface area contributed by atoms with Gasteiger partial charge in [0.2, 0.25) is 0 Å². The van der Waals surface area contributed by atoms with Crippen molar-refractivity contribution in [2.75, 3.05) is 5.32 Å². The maximum absolute atomic E-state index is 13.5. The van der Waals surface area contributed by atoms with Gasteiger partial charge in [0.05, 0.1) is 16.9 Å². The molecule has 0 spiro atoms. The number of hydrogen-bond donors (Lipinski definition) is 2. The number of hydrogen-bond acceptors (Lipinski definition) is 5. The number of nitrogens with two attached hydrogens (primary N) is 1. The Kier molecular flexibility index (Phi) is 5.58. The third kappa shape index (κ3) is 4.14. The van der Waals surface area contributed by atoms with Crippen molar-refractivity contribution >= 4 is 50.7 Å². The Labute approximate surface area is 191 Å². The Hall–Kier alpha value is -3.51. The molecule has 4 rings (SSSR count). The third-order valence-corrected chi connectivity index (χ3v) is 6.05. The molecule has 0 atom stereocenters. The van der Waals surface area contributed by atoms with Crippen molar-refractivity contribution in [3.05, 3.63) is 63.6 Å². The zero-order valence-electron chi connectivity index (χ0n) is 16.5. The fourth-order valence-corrected chi connectivity index (χ4v) is 4.49. The van der Waals surface area contributed by atoms with Gasteiger partial charge >= 0.3 is 6.18 Å². The molecule has 170 valence electrons. The maximum atomic E-state index is 13.5. The number of fused-ring (bicyclic) bond motifs is 1. The minimum Gasteiger partial charge on any atom is -0.365 e. The van der Waals surface area contributed by atoms with E-state index in [0.717, 1.165) is 18.2 Å². The summed E-state index contributed by atoms with van der Waals surface area (Å²) in [5.74, 6) is -2.35. The largest absolute Gasteiger partial charge is 0.433 e. The van der Waals surface area contributed by atoms with Crippen molar-refractivity contribution in [3.8, 4) is 11.1 Å². The van der Waals surface area contributed by atoms with E-state index < -0.39 is 29.5 Å². The zero-order valence-corrected chi connectivity index (χ0v) is 18.1. The van der Waals surface area contributed by atoms with Gasteiger partial charge < -0.3 is 11.1 Å². The van der Waals surface area contributed by atoms with E-state index in [-0.39, 0.29) is 42.6 Å². The summed E-state index contributed by atoms with van der Waals surface area (Å²) in [5.41, 5.74) is 4.22. The summed E-state index contributed by atoms with van der Waals surface area (Å²) in [7, 11) is 1.46. The second kappa shape index (κ2) is 8.12. The Balaban J connectivity index is 2.01. The molecule has 7 nitrogen and oxygen atoms in total. The molecule has 4 aromatic rings. The molecule has 13 heteroatoms. The first kappa shape index (κ1) is 22.7. The molecule has 3 aromatic heterocycles. The molecule has 3 heterocycles. The van der Waals surface area contributed by atoms with Gasteiger partial charge in [-0.1, -0.05) is 23.7 Å². The van der Waals surface area contributed by atoms with Gasteiger partial charge in [0.15, 0.2) is 0 Å². The SMILES string of the molecule is Cn1ncc(Cl)c1C(=O)Nc1c(C(N)=O)sc2nc(C(F)(F)F)cc(-c3ccc(F)cc3)c12. The summed E-state index contributed by atoms with van der Waals surface area (Å²) in [6, 6.07) is 5.46. The van der Waals surface area contributed by atoms with Crippen LogP contribution in [-0.4, -0.2) is 26.6 Å². The van der Waals surface area contributed by atoms with Crippen molar-refractivity contribution < 1.29 is 27.2 Å². The number of nitrogens with zero attached hydrogens (tertiary/aromatic N) is 3. The number of pyridine rings is 1. The van der Waals surface area contributed by atoms with Crippen molar-refractivity contribution in [1.29, 1.82) is 0 Å². The highest BCUT2D eigenvalue weighted by Gasteiger charge is 2.35. The topological polar surface area (TPSA) is 103 Å². The molecule has 0 aliphatic rings. The van der Waals surface area contributed by atoms with E-state index in [1.165, 1.54) is 30.1 Å². The standard InChI is InChI=1S/C20H12ClF4N5O2S/c1-30-15(11(21)7-27-30)18(32)29-14-13-10(8-2-4-9(22)5-3-8)6-12(20(23,24)25)28-19(13)33-16(14)17(26)31/h2-7H,1H3,(H2,26,31)(H,29,32). The minimum absolute atomic E-state index is 0.0198. The number of thiophene rings is 1. The van der Waals surface area contributed by atoms with Crippen LogP contribution in [0, 0.1) is 5.82 Å². The molecular weight excluding hydrogens is 486 g/mol. The van der Waals surface area contributed by atoms with Gasteiger partial charge in [-0.25, -0.2) is 9.37 Å². The Bertz CT molecular complexity index is 1390. The van der Waals surface area contributed by atoms with Gasteiger partial charge in [0.25, 0.3) is 11.8 Å². The summed E-state index contributed by atoms with van der Waals surface area (Å²) in [6.45, 7) is 0. The van der Waals surface area contributed by atoms with Crippen LogP contribution in [0.15, 0.2) is 36.5 Å². The molecule has 0 saturated heterocycles. The molecule has 0 aliphatic carbocycles. The van der Waals surface area contributed by atoms with Gasteiger partial charge in [0, 0.05) is 12.4 Å². The lowest BCUT2D eigenvalue weighted by molar-refractivity contribution is -0.140. The second-order valence-corrected chi connectivity index (χ2v) is 8.24. The quantitative estimate of drug-likeness (QED) is 0.393. The third-order valence-electron chi connectivity index (χ3n) is 4.68. The highest BCUT2D eigenvalue weighted by molar-refractivity contribution is 7.21. The molecule has 0 unspecified atom stereocenters. The fraction of sp³-hybridized carbons (Fsp3) is 0.100. The van der Waals surface area contributed by atoms with E-state index in [0.29, 0.717) is 11.3 Å². The summed E-state index contributed by atoms with van der Waals surface area (Å²) in [6.07, 6.45) is -3.57. The smallest absolute Gasteiger partial charge is 0.365 e. The van der Waals surface area contributed by atoms with Gasteiger partial charge in [-0.05, 0) is 29.3 Å². The molecule has 0 radical (unpaired) electrons. The fourth-order valence-electron chi connectivity index (χ4n) is 3.23. The molecule has 2 amide bonds. The Morgan fingerprint density at radius 2 is 1.88 bits per heavy atom. The highest BCUT2D eigenvalue weighted by Crippen LogP contribution is 2.43. The van der Waals surface area contributed by atoms with E-state index >= 15 is 0 Å². The van der Waals surface area contributed by atoms with E-state index in [9.17, 15) is 27.2 Å². The number of rotatable bonds is 4. The Morgan fingerprint density at radius 1 is 1.21 bits per heavy atom. The van der Waals surface area contributed by atoms with Crippen molar-refractivity contribution in [2.24, 2.45) is 12.8 Å². The van der Waals surface area contributed by atoms with Gasteiger partial charge in [0.1, 0.15) is 26.9 Å². The van der Waals surface area contributed by atoms with Crippen molar-refractivity contribution in [2.45, 2.75) is 6.18 Å². The normalized spacial score (nSPS) is 11.7. The summed E-state index contributed by atoms with van der Waals surface area (Å²) in [4.78, 5) is 28.2. The lowest BCUT2D eigenvalue weighted by atomic mass is 10.0. The van der Waals surface area contributed by atoms with E-state index in [4.69, 9.17) is 17.3 Å². The predicted molar refractivity (Wildman–Crippen MR) is 115 cm³/mol. The molecule has 33 heavy (non-hydrogen) atoms. The highest BCUT2D eigenvalue weighted by atomic mass is 35.5. The lowest BCUT2D eigenvalue weighted by Crippen LogP contribution is -2.19. The number of carbonyl (C=O) groups is 2. The van der Waals surface area contributed by atoms with Gasteiger partial charge in [-0.15, -0.1) is 11.3 Å². The predicted octanol–water partition coefficient (Wildman–Crippen LogP) is 4.86. The molecule has 3 N–H and O–H groups in total. The van der Waals surface area contributed by atoms with E-state index in [2.05, 4.69) is 15.4 Å². The van der Waals surface area contributed by atoms with Gasteiger partial charge in [-0.3, -0.25) is 14.3 Å². The first-order chi connectivity index (χ1) is 15.5.